The number of nitrogens with zero attached hydrogens (tertiary/aromatic N) is 3. The Balaban J connectivity index is 0.000000110. The predicted octanol–water partition coefficient (Wildman–Crippen LogP) is 35.0. The lowest BCUT2D eigenvalue weighted by molar-refractivity contribution is 0.360. The van der Waals surface area contributed by atoms with Gasteiger partial charge in [-0.25, -0.2) is 0 Å². The van der Waals surface area contributed by atoms with E-state index in [0.717, 1.165) is 123 Å². The van der Waals surface area contributed by atoms with Crippen LogP contribution in [0.5, 0.6) is 69.0 Å². The molecule has 0 spiro atoms. The lowest BCUT2D eigenvalue weighted by atomic mass is 9.67. The van der Waals surface area contributed by atoms with E-state index >= 15 is 0 Å². The molecule has 11 heteroatoms. The number of anilines is 9. The molecule has 0 N–H and O–H groups in total. The average Bonchev–Trinajstić information content (AvgIpc) is 1.53. The molecule has 0 atom stereocenters. The molecule has 0 unspecified atom stereocenters. The van der Waals surface area contributed by atoms with Crippen LogP contribution in [0.3, 0.4) is 0 Å². The van der Waals surface area contributed by atoms with Crippen molar-refractivity contribution in [1.29, 1.82) is 0 Å². The molecule has 3 aliphatic heterocycles. The molecule has 11 nitrogen and oxygen atoms in total. The number of benzene rings is 21. The van der Waals surface area contributed by atoms with E-state index in [0.29, 0.717) is 63.2 Å². The van der Waals surface area contributed by atoms with E-state index in [-0.39, 0.29) is 0 Å². The minimum Gasteiger partial charge on any atom is -0.456 e. The first kappa shape index (κ1) is 78.2. The third-order valence-electron chi connectivity index (χ3n) is 25.8. The van der Waals surface area contributed by atoms with Crippen LogP contribution in [0.2, 0.25) is 0 Å². The summed E-state index contributed by atoms with van der Waals surface area (Å²) in [7, 11) is 0. The molecule has 134 heavy (non-hydrogen) atoms. The molecule has 5 heterocycles. The first-order chi connectivity index (χ1) is 66.3. The summed E-state index contributed by atoms with van der Waals surface area (Å²) in [5.41, 5.74) is 23.9. The maximum Gasteiger partial charge on any atom is 0.172 e. The summed E-state index contributed by atoms with van der Waals surface area (Å²) in [4.78, 5) is 6.80. The Kier molecular flexibility index (Phi) is 19.2. The number of ether oxygens (including phenoxy) is 6. The largest absolute Gasteiger partial charge is 0.456 e. The van der Waals surface area contributed by atoms with Gasteiger partial charge in [-0.15, -0.1) is 0 Å². The van der Waals surface area contributed by atoms with Crippen LogP contribution in [0, 0.1) is 0 Å². The molecule has 0 radical (unpaired) electrons. The second kappa shape index (κ2) is 32.9. The topological polar surface area (TPSA) is 91.4 Å². The molecule has 21 aromatic carbocycles. The smallest absolute Gasteiger partial charge is 0.172 e. The Morgan fingerprint density at radius 2 is 0.478 bits per heavy atom. The van der Waals surface area contributed by atoms with Crippen LogP contribution in [0.4, 0.5) is 51.2 Å². The molecule has 23 aromatic rings. The zero-order valence-corrected chi connectivity index (χ0v) is 72.2. The van der Waals surface area contributed by atoms with Crippen molar-refractivity contribution in [2.75, 3.05) is 14.7 Å². The summed E-state index contributed by atoms with van der Waals surface area (Å²) in [6.45, 7) is 0. The number of para-hydroxylation sites is 9. The molecule has 0 saturated heterocycles. The first-order valence-electron chi connectivity index (χ1n) is 44.9. The first-order valence-corrected chi connectivity index (χ1v) is 44.9. The third kappa shape index (κ3) is 13.9. The number of fused-ring (bicyclic) bond motifs is 18. The summed E-state index contributed by atoms with van der Waals surface area (Å²) >= 11 is 0. The highest BCUT2D eigenvalue weighted by atomic mass is 16.6. The van der Waals surface area contributed by atoms with Crippen molar-refractivity contribution in [1.82, 2.24) is 0 Å². The number of hydrogen-bond donors (Lipinski definition) is 0. The predicted molar refractivity (Wildman–Crippen MR) is 541 cm³/mol. The highest BCUT2D eigenvalue weighted by molar-refractivity contribution is 6.10. The maximum absolute atomic E-state index is 6.47. The van der Waals surface area contributed by atoms with Crippen LogP contribution < -0.4 is 43.1 Å². The van der Waals surface area contributed by atoms with Gasteiger partial charge in [-0.3, -0.25) is 0 Å². The monoisotopic (exact) mass is 1730 g/mol. The fourth-order valence-corrected chi connectivity index (χ4v) is 19.6. The highest BCUT2D eigenvalue weighted by Gasteiger charge is 2.47. The summed E-state index contributed by atoms with van der Waals surface area (Å²) in [5.74, 6) is 8.35. The summed E-state index contributed by atoms with van der Waals surface area (Å²) in [6.07, 6.45) is 0. The van der Waals surface area contributed by atoms with Crippen LogP contribution in [-0.4, -0.2) is 0 Å². The normalized spacial score (nSPS) is 12.4. The van der Waals surface area contributed by atoms with Crippen molar-refractivity contribution < 1.29 is 37.3 Å². The number of furan rings is 2. The SMILES string of the molecule is c1ccc(-c2cc(-c3ccccc3)cc(N(c3ccc4c(c3)Oc3ccccc3O4)c3ccc4c(c3)oc3ccccc34)c2)cc1.c1ccc(C2(c3ccccc3)c3ccccc3-c3ccc(N(c4ccc5c(c4)Oc4ccccc4O5)c4ccc5c(ccc6ccccc65)c4)cc32)cc1.c1ccc(N(c2ccc3c(c2)Oc2ccccc2O3)c2ccc3c(c2)oc2ccccc23)cc1. The lowest BCUT2D eigenvalue weighted by Crippen LogP contribution is -2.28. The summed E-state index contributed by atoms with van der Waals surface area (Å²) in [6, 6.07) is 166. The Hall–Kier alpha value is -18.1. The third-order valence-corrected chi connectivity index (χ3v) is 25.8. The van der Waals surface area contributed by atoms with Gasteiger partial charge in [-0.1, -0.05) is 285 Å². The molecule has 1 aliphatic carbocycles. The van der Waals surface area contributed by atoms with E-state index in [2.05, 4.69) is 318 Å². The zero-order chi connectivity index (χ0) is 88.6. The van der Waals surface area contributed by atoms with Crippen molar-refractivity contribution >= 4 is 117 Å². The van der Waals surface area contributed by atoms with E-state index in [4.69, 9.17) is 37.3 Å². The molecule has 0 amide bonds. The average molecular weight is 1730 g/mol. The molecule has 4 aliphatic rings. The van der Waals surface area contributed by atoms with Crippen LogP contribution >= 0.6 is 0 Å². The minimum atomic E-state index is -0.519. The van der Waals surface area contributed by atoms with Gasteiger partial charge in [-0.2, -0.15) is 0 Å². The van der Waals surface area contributed by atoms with Crippen molar-refractivity contribution in [2.24, 2.45) is 0 Å². The van der Waals surface area contributed by atoms with E-state index in [1.807, 2.05) is 176 Å². The van der Waals surface area contributed by atoms with Crippen LogP contribution in [0.25, 0.3) is 98.8 Å². The van der Waals surface area contributed by atoms with Gasteiger partial charge in [0, 0.05) is 86.0 Å². The molecular formula is C123H79N3O8. The zero-order valence-electron chi connectivity index (χ0n) is 72.2. The molecular weight excluding hydrogens is 1650 g/mol. The van der Waals surface area contributed by atoms with E-state index in [1.165, 1.54) is 54.9 Å². The summed E-state index contributed by atoms with van der Waals surface area (Å²) in [5, 5.41) is 9.30. The van der Waals surface area contributed by atoms with Crippen LogP contribution in [-0.2, 0) is 5.41 Å². The molecule has 2 aromatic heterocycles. The summed E-state index contributed by atoms with van der Waals surface area (Å²) < 4.78 is 50.1. The van der Waals surface area contributed by atoms with Gasteiger partial charge in [-0.05, 0) is 241 Å². The second-order valence-corrected chi connectivity index (χ2v) is 33.7. The number of rotatable bonds is 13. The molecule has 0 bridgehead atoms. The second-order valence-electron chi connectivity index (χ2n) is 33.7. The standard InChI is InChI=1S/C51H33NO2.C42H27NO3.C30H19NO3/c1-3-14-36(15-4-1)51(37-16-5-2-6-17-37)45-20-10-9-19-43(45)44-29-26-39(32-46(44)51)52(38-25-28-42-35(31-38)24-23-34-13-7-8-18-41(34)42)40-27-30-49-50(33-40)54-48-22-12-11-21-47(48)53-49;1-3-11-28(12-4-1)30-23-31(29-13-5-2-6-14-29)25-34(24-30)43(32-19-21-36-35-15-7-8-16-37(35)44-41(36)26-32)33-20-22-40-42(27-33)46-39-18-10-9-17-38(39)45-40;1-2-8-20(9-3-1)31(21-14-16-24-23-10-4-5-11-25(23)32-29(24)18-21)22-15-17-28-30(19-22)34-27-13-7-6-12-26(27)33-28/h1-33H;1-27H;1-19H. The van der Waals surface area contributed by atoms with Crippen LogP contribution in [0.15, 0.2) is 488 Å². The van der Waals surface area contributed by atoms with Gasteiger partial charge in [0.25, 0.3) is 0 Å². The van der Waals surface area contributed by atoms with Crippen molar-refractivity contribution in [2.45, 2.75) is 5.41 Å². The van der Waals surface area contributed by atoms with Crippen molar-refractivity contribution in [3.8, 4) is 102 Å². The maximum atomic E-state index is 6.47. The van der Waals surface area contributed by atoms with E-state index in [1.54, 1.807) is 0 Å². The minimum absolute atomic E-state index is 0.519. The number of hydrogen-bond acceptors (Lipinski definition) is 11. The molecule has 0 saturated carbocycles. The molecule has 634 valence electrons. The molecule has 27 rings (SSSR count). The highest BCUT2D eigenvalue weighted by Crippen LogP contribution is 2.59. The van der Waals surface area contributed by atoms with Gasteiger partial charge in [0.1, 0.15) is 22.3 Å². The fraction of sp³-hybridized carbons (Fsp3) is 0.00813. The Morgan fingerprint density at radius 3 is 0.970 bits per heavy atom. The lowest BCUT2D eigenvalue weighted by Gasteiger charge is -2.35. The van der Waals surface area contributed by atoms with Crippen molar-refractivity contribution in [3.05, 3.63) is 501 Å². The van der Waals surface area contributed by atoms with Gasteiger partial charge in [0.2, 0.25) is 0 Å². The van der Waals surface area contributed by atoms with Gasteiger partial charge < -0.3 is 52.0 Å². The van der Waals surface area contributed by atoms with Gasteiger partial charge in [0.05, 0.1) is 22.5 Å². The Morgan fingerprint density at radius 1 is 0.157 bits per heavy atom. The quantitative estimate of drug-likeness (QED) is 0.103. The van der Waals surface area contributed by atoms with Crippen molar-refractivity contribution in [3.63, 3.8) is 0 Å². The molecule has 0 fully saturated rings. The fourth-order valence-electron chi connectivity index (χ4n) is 19.6. The van der Waals surface area contributed by atoms with Gasteiger partial charge >= 0.3 is 0 Å². The van der Waals surface area contributed by atoms with Gasteiger partial charge in [0.15, 0.2) is 69.0 Å². The van der Waals surface area contributed by atoms with E-state index < -0.39 is 5.41 Å². The Bertz CT molecular complexity index is 8400. The van der Waals surface area contributed by atoms with Crippen LogP contribution in [0.1, 0.15) is 22.3 Å². The Labute approximate surface area is 772 Å². The van der Waals surface area contributed by atoms with E-state index in [9.17, 15) is 0 Å².